The van der Waals surface area contributed by atoms with E-state index in [1.165, 1.54) is 0 Å². The van der Waals surface area contributed by atoms with Gasteiger partial charge in [0.25, 0.3) is 0 Å². The minimum Gasteiger partial charge on any atom is -0.387 e. The summed E-state index contributed by atoms with van der Waals surface area (Å²) in [6.07, 6.45) is -4.56. The Kier molecular flexibility index (Phi) is 9.03. The van der Waals surface area contributed by atoms with Crippen molar-refractivity contribution in [3.8, 4) is 0 Å². The van der Waals surface area contributed by atoms with Crippen LogP contribution < -0.4 is 0 Å². The van der Waals surface area contributed by atoms with Gasteiger partial charge in [0.2, 0.25) is 0 Å². The van der Waals surface area contributed by atoms with E-state index < -0.39 is 30.7 Å². The second-order valence-electron chi connectivity index (χ2n) is 7.51. The molecule has 4 N–H and O–H groups in total. The third-order valence-corrected chi connectivity index (χ3v) is 4.39. The zero-order chi connectivity index (χ0) is 18.3. The van der Waals surface area contributed by atoms with E-state index in [1.807, 2.05) is 0 Å². The van der Waals surface area contributed by atoms with Gasteiger partial charge in [0.15, 0.2) is 6.29 Å². The first-order chi connectivity index (χ1) is 11.1. The van der Waals surface area contributed by atoms with Gasteiger partial charge in [-0.05, 0) is 14.1 Å². The summed E-state index contributed by atoms with van der Waals surface area (Å²) in [5.74, 6) is 0. The molecule has 144 valence electrons. The van der Waals surface area contributed by atoms with Crippen molar-refractivity contribution in [1.29, 1.82) is 0 Å². The van der Waals surface area contributed by atoms with Gasteiger partial charge in [0.05, 0.1) is 40.4 Å². The molecule has 0 aromatic heterocycles. The SMILES string of the molecule is CN(C)CCC[N+](C)(C)CCCOCC1OC(O)C(O)C(O)C1O. The van der Waals surface area contributed by atoms with Crippen LogP contribution in [0.5, 0.6) is 0 Å². The minimum atomic E-state index is -1.51. The molecular weight excluding hydrogens is 316 g/mol. The van der Waals surface area contributed by atoms with Crippen LogP contribution >= 0.6 is 0 Å². The van der Waals surface area contributed by atoms with Crippen LogP contribution in [0.1, 0.15) is 12.8 Å². The lowest BCUT2D eigenvalue weighted by Crippen LogP contribution is -2.58. The number of nitrogens with zero attached hydrogens (tertiary/aromatic N) is 2. The number of hydrogen-bond acceptors (Lipinski definition) is 7. The second-order valence-corrected chi connectivity index (χ2v) is 7.51. The molecule has 0 spiro atoms. The van der Waals surface area contributed by atoms with E-state index in [1.54, 1.807) is 0 Å². The molecular formula is C16H35N2O6+. The molecule has 1 heterocycles. The molecule has 0 aromatic carbocycles. The van der Waals surface area contributed by atoms with Crippen LogP contribution in [0, 0.1) is 0 Å². The summed E-state index contributed by atoms with van der Waals surface area (Å²) in [6, 6.07) is 0. The number of rotatable bonds is 10. The Labute approximate surface area is 144 Å². The molecule has 1 saturated heterocycles. The summed E-state index contributed by atoms with van der Waals surface area (Å²) < 4.78 is 11.5. The monoisotopic (exact) mass is 351 g/mol. The molecule has 0 aliphatic carbocycles. The highest BCUT2D eigenvalue weighted by Gasteiger charge is 2.42. The number of aliphatic hydroxyl groups is 4. The van der Waals surface area contributed by atoms with E-state index in [4.69, 9.17) is 9.47 Å². The second kappa shape index (κ2) is 9.98. The van der Waals surface area contributed by atoms with E-state index in [9.17, 15) is 20.4 Å². The zero-order valence-electron chi connectivity index (χ0n) is 15.3. The maximum absolute atomic E-state index is 9.82. The first kappa shape index (κ1) is 21.7. The molecule has 0 saturated carbocycles. The average Bonchev–Trinajstić information content (AvgIpc) is 2.49. The molecule has 1 aliphatic heterocycles. The van der Waals surface area contributed by atoms with Crippen molar-refractivity contribution in [2.45, 2.75) is 43.5 Å². The van der Waals surface area contributed by atoms with Gasteiger partial charge in [-0.25, -0.2) is 0 Å². The average molecular weight is 351 g/mol. The first-order valence-electron chi connectivity index (χ1n) is 8.56. The normalized spacial score (nSPS) is 31.6. The van der Waals surface area contributed by atoms with Crippen LogP contribution in [0.25, 0.3) is 0 Å². The predicted octanol–water partition coefficient (Wildman–Crippen LogP) is -1.78. The third kappa shape index (κ3) is 7.28. The van der Waals surface area contributed by atoms with E-state index >= 15 is 0 Å². The highest BCUT2D eigenvalue weighted by atomic mass is 16.6. The van der Waals surface area contributed by atoms with Gasteiger partial charge in [0, 0.05) is 19.4 Å². The Morgan fingerprint density at radius 3 is 2.21 bits per heavy atom. The molecule has 5 unspecified atom stereocenters. The Morgan fingerprint density at radius 2 is 1.58 bits per heavy atom. The van der Waals surface area contributed by atoms with Crippen molar-refractivity contribution in [3.63, 3.8) is 0 Å². The third-order valence-electron chi connectivity index (χ3n) is 4.39. The predicted molar refractivity (Wildman–Crippen MR) is 89.3 cm³/mol. The fourth-order valence-corrected chi connectivity index (χ4v) is 2.79. The standard InChI is InChI=1S/C16H35N2O6/c1-17(2)7-5-8-18(3,4)9-6-10-23-11-12-13(19)14(20)15(21)16(22)24-12/h12-16,19-22H,5-11H2,1-4H3/q+1. The Balaban J connectivity index is 2.19. The molecule has 5 atom stereocenters. The van der Waals surface area contributed by atoms with Crippen molar-refractivity contribution in [2.24, 2.45) is 0 Å². The topological polar surface area (TPSA) is 103 Å². The Morgan fingerprint density at radius 1 is 0.958 bits per heavy atom. The fourth-order valence-electron chi connectivity index (χ4n) is 2.79. The number of aliphatic hydroxyl groups excluding tert-OH is 4. The van der Waals surface area contributed by atoms with Gasteiger partial charge in [-0.2, -0.15) is 0 Å². The van der Waals surface area contributed by atoms with Gasteiger partial charge >= 0.3 is 0 Å². The quantitative estimate of drug-likeness (QED) is 0.273. The molecule has 8 nitrogen and oxygen atoms in total. The van der Waals surface area contributed by atoms with Crippen LogP contribution in [-0.2, 0) is 9.47 Å². The molecule has 0 radical (unpaired) electrons. The van der Waals surface area contributed by atoms with Crippen molar-refractivity contribution in [1.82, 2.24) is 4.90 Å². The van der Waals surface area contributed by atoms with Crippen LogP contribution in [-0.4, -0.2) is 122 Å². The van der Waals surface area contributed by atoms with Gasteiger partial charge in [-0.1, -0.05) is 0 Å². The number of ether oxygens (including phenoxy) is 2. The molecule has 1 rings (SSSR count). The van der Waals surface area contributed by atoms with E-state index in [2.05, 4.69) is 33.1 Å². The molecule has 0 bridgehead atoms. The van der Waals surface area contributed by atoms with Crippen molar-refractivity contribution in [2.75, 3.05) is 61.0 Å². The summed E-state index contributed by atoms with van der Waals surface area (Å²) in [4.78, 5) is 2.18. The van der Waals surface area contributed by atoms with Crippen molar-refractivity contribution < 1.29 is 34.4 Å². The first-order valence-corrected chi connectivity index (χ1v) is 8.56. The van der Waals surface area contributed by atoms with E-state index in [-0.39, 0.29) is 6.61 Å². The van der Waals surface area contributed by atoms with Crippen molar-refractivity contribution >= 4 is 0 Å². The lowest BCUT2D eigenvalue weighted by atomic mass is 9.99. The van der Waals surface area contributed by atoms with Crippen LogP contribution in [0.15, 0.2) is 0 Å². The van der Waals surface area contributed by atoms with Crippen LogP contribution in [0.4, 0.5) is 0 Å². The Hall–Kier alpha value is -0.320. The lowest BCUT2D eigenvalue weighted by molar-refractivity contribution is -0.890. The molecule has 1 fully saturated rings. The highest BCUT2D eigenvalue weighted by Crippen LogP contribution is 2.20. The highest BCUT2D eigenvalue weighted by molar-refractivity contribution is 4.88. The maximum atomic E-state index is 9.82. The van der Waals surface area contributed by atoms with Crippen molar-refractivity contribution in [3.05, 3.63) is 0 Å². The molecule has 8 heteroatoms. The molecule has 0 aromatic rings. The van der Waals surface area contributed by atoms with E-state index in [0.29, 0.717) is 6.61 Å². The smallest absolute Gasteiger partial charge is 0.184 e. The van der Waals surface area contributed by atoms with Gasteiger partial charge < -0.3 is 39.3 Å². The summed E-state index contributed by atoms with van der Waals surface area (Å²) >= 11 is 0. The Bertz CT molecular complexity index is 355. The number of hydrogen-bond donors (Lipinski definition) is 4. The lowest BCUT2D eigenvalue weighted by Gasteiger charge is -2.38. The van der Waals surface area contributed by atoms with E-state index in [0.717, 1.165) is 37.0 Å². The largest absolute Gasteiger partial charge is 0.387 e. The summed E-state index contributed by atoms with van der Waals surface area (Å²) in [6.45, 7) is 3.72. The number of quaternary nitrogens is 1. The van der Waals surface area contributed by atoms with Gasteiger partial charge in [0.1, 0.15) is 24.4 Å². The maximum Gasteiger partial charge on any atom is 0.184 e. The minimum absolute atomic E-state index is 0.0655. The molecule has 1 aliphatic rings. The molecule has 24 heavy (non-hydrogen) atoms. The summed E-state index contributed by atoms with van der Waals surface area (Å²) in [5, 5.41) is 38.3. The molecule has 0 amide bonds. The van der Waals surface area contributed by atoms with Crippen LogP contribution in [0.2, 0.25) is 0 Å². The van der Waals surface area contributed by atoms with Crippen LogP contribution in [0.3, 0.4) is 0 Å². The summed E-state index contributed by atoms with van der Waals surface area (Å²) in [7, 11) is 8.53. The van der Waals surface area contributed by atoms with Gasteiger partial charge in [-0.3, -0.25) is 0 Å². The van der Waals surface area contributed by atoms with Gasteiger partial charge in [-0.15, -0.1) is 0 Å². The summed E-state index contributed by atoms with van der Waals surface area (Å²) in [5.41, 5.74) is 0. The zero-order valence-corrected chi connectivity index (χ0v) is 15.3. The fraction of sp³-hybridized carbons (Fsp3) is 1.00.